The topological polar surface area (TPSA) is 38.0 Å². The molecule has 2 nitrogen and oxygen atoms in total. The van der Waals surface area contributed by atoms with Crippen LogP contribution in [0.2, 0.25) is 5.02 Å². The van der Waals surface area contributed by atoms with Crippen LogP contribution in [-0.2, 0) is 0 Å². The van der Waals surface area contributed by atoms with Crippen molar-refractivity contribution in [3.8, 4) is 0 Å². The molecule has 20 heavy (non-hydrogen) atoms. The standard InChI is InChI=1S/C15H14ClFN2S/c1-9(11-4-2-3-5-13(11)17)19-14-8-10(16)6-7-12(14)15(18)20/h2-9,19H,1H3,(H2,18,20). The lowest BCUT2D eigenvalue weighted by Gasteiger charge is -2.19. The van der Waals surface area contributed by atoms with Gasteiger partial charge in [-0.2, -0.15) is 0 Å². The molecule has 0 saturated carbocycles. The Kier molecular flexibility index (Phi) is 4.57. The van der Waals surface area contributed by atoms with Gasteiger partial charge in [0, 0.05) is 21.8 Å². The zero-order chi connectivity index (χ0) is 14.7. The van der Waals surface area contributed by atoms with Crippen molar-refractivity contribution in [3.05, 3.63) is 64.4 Å². The maximum atomic E-state index is 13.8. The van der Waals surface area contributed by atoms with E-state index >= 15 is 0 Å². The molecule has 1 atom stereocenters. The third kappa shape index (κ3) is 3.26. The molecule has 3 N–H and O–H groups in total. The number of anilines is 1. The fourth-order valence-corrected chi connectivity index (χ4v) is 2.34. The first kappa shape index (κ1) is 14.8. The summed E-state index contributed by atoms with van der Waals surface area (Å²) in [4.78, 5) is 0.268. The Bertz CT molecular complexity index is 646. The van der Waals surface area contributed by atoms with Crippen molar-refractivity contribution < 1.29 is 4.39 Å². The monoisotopic (exact) mass is 308 g/mol. The Morgan fingerprint density at radius 1 is 1.30 bits per heavy atom. The van der Waals surface area contributed by atoms with Crippen molar-refractivity contribution >= 4 is 34.5 Å². The molecule has 0 heterocycles. The van der Waals surface area contributed by atoms with Gasteiger partial charge < -0.3 is 11.1 Å². The Hall–Kier alpha value is -1.65. The second-order valence-corrected chi connectivity index (χ2v) is 5.32. The zero-order valence-corrected chi connectivity index (χ0v) is 12.4. The minimum atomic E-state index is -0.258. The lowest BCUT2D eigenvalue weighted by molar-refractivity contribution is 0.600. The summed E-state index contributed by atoms with van der Waals surface area (Å²) in [5.74, 6) is -0.258. The van der Waals surface area contributed by atoms with Crippen LogP contribution in [0.15, 0.2) is 42.5 Å². The largest absolute Gasteiger partial charge is 0.389 e. The summed E-state index contributed by atoms with van der Waals surface area (Å²) in [6, 6.07) is 11.6. The minimum Gasteiger partial charge on any atom is -0.389 e. The van der Waals surface area contributed by atoms with Crippen LogP contribution in [0.3, 0.4) is 0 Å². The molecule has 0 aliphatic heterocycles. The molecule has 0 saturated heterocycles. The molecule has 0 bridgehead atoms. The highest BCUT2D eigenvalue weighted by Crippen LogP contribution is 2.26. The van der Waals surface area contributed by atoms with Gasteiger partial charge in [-0.15, -0.1) is 0 Å². The number of rotatable bonds is 4. The van der Waals surface area contributed by atoms with Gasteiger partial charge in [-0.25, -0.2) is 4.39 Å². The van der Waals surface area contributed by atoms with Crippen molar-refractivity contribution in [1.82, 2.24) is 0 Å². The van der Waals surface area contributed by atoms with Crippen molar-refractivity contribution in [2.24, 2.45) is 5.73 Å². The third-order valence-electron chi connectivity index (χ3n) is 2.99. The highest BCUT2D eigenvalue weighted by molar-refractivity contribution is 7.80. The fourth-order valence-electron chi connectivity index (χ4n) is 1.99. The fraction of sp³-hybridized carbons (Fsp3) is 0.133. The molecule has 2 aromatic rings. The SMILES string of the molecule is CC(Nc1cc(Cl)ccc1C(N)=S)c1ccccc1F. The van der Waals surface area contributed by atoms with Crippen LogP contribution in [0, 0.1) is 5.82 Å². The predicted molar refractivity (Wildman–Crippen MR) is 85.8 cm³/mol. The number of nitrogens with two attached hydrogens (primary N) is 1. The molecule has 0 aliphatic rings. The predicted octanol–water partition coefficient (Wildman–Crippen LogP) is 4.29. The summed E-state index contributed by atoms with van der Waals surface area (Å²) in [5, 5.41) is 3.76. The van der Waals surface area contributed by atoms with Gasteiger partial charge in [-0.05, 0) is 31.2 Å². The van der Waals surface area contributed by atoms with Gasteiger partial charge in [0.05, 0.1) is 6.04 Å². The third-order valence-corrected chi connectivity index (χ3v) is 3.45. The van der Waals surface area contributed by atoms with Crippen molar-refractivity contribution in [3.63, 3.8) is 0 Å². The average molecular weight is 309 g/mol. The van der Waals surface area contributed by atoms with E-state index in [0.717, 1.165) is 0 Å². The van der Waals surface area contributed by atoms with Crippen LogP contribution in [0.4, 0.5) is 10.1 Å². The smallest absolute Gasteiger partial charge is 0.128 e. The molecule has 0 fully saturated rings. The molecule has 0 radical (unpaired) electrons. The van der Waals surface area contributed by atoms with Crippen LogP contribution in [0.25, 0.3) is 0 Å². The number of hydrogen-bond acceptors (Lipinski definition) is 2. The summed E-state index contributed by atoms with van der Waals surface area (Å²) in [7, 11) is 0. The number of benzene rings is 2. The minimum absolute atomic E-state index is 0.234. The summed E-state index contributed by atoms with van der Waals surface area (Å²) in [6.45, 7) is 1.86. The van der Waals surface area contributed by atoms with Crippen molar-refractivity contribution in [1.29, 1.82) is 0 Å². The van der Waals surface area contributed by atoms with Crippen LogP contribution < -0.4 is 11.1 Å². The highest BCUT2D eigenvalue weighted by Gasteiger charge is 2.13. The van der Waals surface area contributed by atoms with Gasteiger partial charge in [-0.3, -0.25) is 0 Å². The Morgan fingerprint density at radius 2 is 2.00 bits per heavy atom. The maximum Gasteiger partial charge on any atom is 0.128 e. The number of halogens is 2. The van der Waals surface area contributed by atoms with E-state index in [-0.39, 0.29) is 16.8 Å². The Morgan fingerprint density at radius 3 is 2.65 bits per heavy atom. The van der Waals surface area contributed by atoms with Gasteiger partial charge in [0.2, 0.25) is 0 Å². The molecule has 104 valence electrons. The van der Waals surface area contributed by atoms with Gasteiger partial charge in [-0.1, -0.05) is 42.0 Å². The van der Waals surface area contributed by atoms with Crippen LogP contribution >= 0.6 is 23.8 Å². The molecule has 2 rings (SSSR count). The summed E-state index contributed by atoms with van der Waals surface area (Å²) < 4.78 is 13.8. The van der Waals surface area contributed by atoms with E-state index in [4.69, 9.17) is 29.6 Å². The maximum absolute atomic E-state index is 13.8. The molecular weight excluding hydrogens is 295 g/mol. The summed E-state index contributed by atoms with van der Waals surface area (Å²) in [6.07, 6.45) is 0. The first-order valence-corrected chi connectivity index (χ1v) is 6.88. The molecule has 0 spiro atoms. The number of thiocarbonyl (C=S) groups is 1. The van der Waals surface area contributed by atoms with E-state index in [2.05, 4.69) is 5.32 Å². The van der Waals surface area contributed by atoms with Crippen LogP contribution in [-0.4, -0.2) is 4.99 Å². The quantitative estimate of drug-likeness (QED) is 0.828. The molecule has 2 aromatic carbocycles. The average Bonchev–Trinajstić information content (AvgIpc) is 2.38. The molecule has 5 heteroatoms. The summed E-state index contributed by atoms with van der Waals surface area (Å²) in [5.41, 5.74) is 7.64. The zero-order valence-electron chi connectivity index (χ0n) is 10.9. The van der Waals surface area contributed by atoms with Gasteiger partial charge in [0.15, 0.2) is 0 Å². The number of hydrogen-bond donors (Lipinski definition) is 2. The van der Waals surface area contributed by atoms with Crippen molar-refractivity contribution in [2.75, 3.05) is 5.32 Å². The lowest BCUT2D eigenvalue weighted by Crippen LogP contribution is -2.15. The van der Waals surface area contributed by atoms with E-state index in [1.807, 2.05) is 6.92 Å². The van der Waals surface area contributed by atoms with E-state index < -0.39 is 0 Å². The number of nitrogens with one attached hydrogen (secondary N) is 1. The van der Waals surface area contributed by atoms with E-state index in [9.17, 15) is 4.39 Å². The molecule has 0 aliphatic carbocycles. The molecule has 1 unspecified atom stereocenters. The van der Waals surface area contributed by atoms with Crippen molar-refractivity contribution in [2.45, 2.75) is 13.0 Å². The molecular formula is C15H14ClFN2S. The first-order valence-electron chi connectivity index (χ1n) is 6.09. The molecule has 0 aromatic heterocycles. The van der Waals surface area contributed by atoms with E-state index in [1.54, 1.807) is 36.4 Å². The second-order valence-electron chi connectivity index (χ2n) is 4.44. The van der Waals surface area contributed by atoms with Crippen LogP contribution in [0.1, 0.15) is 24.1 Å². The van der Waals surface area contributed by atoms with Gasteiger partial charge >= 0.3 is 0 Å². The Balaban J connectivity index is 2.32. The van der Waals surface area contributed by atoms with E-state index in [1.165, 1.54) is 6.07 Å². The van der Waals surface area contributed by atoms with Crippen LogP contribution in [0.5, 0.6) is 0 Å². The lowest BCUT2D eigenvalue weighted by atomic mass is 10.1. The first-order chi connectivity index (χ1) is 9.49. The van der Waals surface area contributed by atoms with E-state index in [0.29, 0.717) is 21.8 Å². The highest BCUT2D eigenvalue weighted by atomic mass is 35.5. The van der Waals surface area contributed by atoms with Gasteiger partial charge in [0.1, 0.15) is 10.8 Å². The summed E-state index contributed by atoms with van der Waals surface area (Å²) >= 11 is 11.0. The molecule has 0 amide bonds. The normalized spacial score (nSPS) is 11.9. The van der Waals surface area contributed by atoms with Gasteiger partial charge in [0.25, 0.3) is 0 Å². The Labute approximate surface area is 127 Å². The second kappa shape index (κ2) is 6.20.